The number of nitrogens with two attached hydrogens (primary N) is 1. The molecule has 1 rings (SSSR count). The zero-order valence-corrected chi connectivity index (χ0v) is 12.1. The van der Waals surface area contributed by atoms with Gasteiger partial charge in [0.25, 0.3) is 0 Å². The Labute approximate surface area is 109 Å². The Morgan fingerprint density at radius 1 is 1.24 bits per heavy atom. The van der Waals surface area contributed by atoms with Crippen molar-refractivity contribution in [3.63, 3.8) is 0 Å². The maximum atomic E-state index is 9.79. The fourth-order valence-corrected chi connectivity index (χ4v) is 3.15. The molecular formula is C14H25NOS. The predicted octanol–water partition coefficient (Wildman–Crippen LogP) is 3.15. The lowest BCUT2D eigenvalue weighted by Crippen LogP contribution is -2.32. The van der Waals surface area contributed by atoms with Crippen LogP contribution in [-0.4, -0.2) is 17.3 Å². The summed E-state index contributed by atoms with van der Waals surface area (Å²) in [4.78, 5) is 2.80. The molecule has 2 nitrogen and oxygen atoms in total. The van der Waals surface area contributed by atoms with Gasteiger partial charge in [0.15, 0.2) is 0 Å². The van der Waals surface area contributed by atoms with Crippen LogP contribution in [0.4, 0.5) is 0 Å². The minimum atomic E-state index is -0.402. The van der Waals surface area contributed by atoms with Crippen LogP contribution >= 0.6 is 11.3 Å². The number of thiophene rings is 1. The van der Waals surface area contributed by atoms with Crippen LogP contribution < -0.4 is 5.73 Å². The molecule has 0 saturated heterocycles. The van der Waals surface area contributed by atoms with E-state index in [0.717, 1.165) is 12.8 Å². The van der Waals surface area contributed by atoms with E-state index in [1.165, 1.54) is 9.75 Å². The Bertz CT molecular complexity index is 333. The first kappa shape index (κ1) is 14.7. The van der Waals surface area contributed by atoms with Crippen molar-refractivity contribution >= 4 is 11.3 Å². The lowest BCUT2D eigenvalue weighted by Gasteiger charge is -2.18. The van der Waals surface area contributed by atoms with E-state index in [1.807, 2.05) is 18.3 Å². The summed E-state index contributed by atoms with van der Waals surface area (Å²) < 4.78 is 0. The van der Waals surface area contributed by atoms with E-state index < -0.39 is 6.10 Å². The molecule has 3 atom stereocenters. The lowest BCUT2D eigenvalue weighted by atomic mass is 9.98. The van der Waals surface area contributed by atoms with Crippen molar-refractivity contribution in [2.24, 2.45) is 11.7 Å². The van der Waals surface area contributed by atoms with Crippen molar-refractivity contribution in [3.05, 3.63) is 21.9 Å². The van der Waals surface area contributed by atoms with E-state index in [4.69, 9.17) is 5.73 Å². The van der Waals surface area contributed by atoms with Gasteiger partial charge in [-0.3, -0.25) is 0 Å². The van der Waals surface area contributed by atoms with Gasteiger partial charge in [0.1, 0.15) is 0 Å². The monoisotopic (exact) mass is 255 g/mol. The highest BCUT2D eigenvalue weighted by Gasteiger charge is 2.17. The minimum absolute atomic E-state index is 0.146. The molecule has 0 radical (unpaired) electrons. The summed E-state index contributed by atoms with van der Waals surface area (Å²) in [5, 5.41) is 9.79. The second-order valence-corrected chi connectivity index (χ2v) is 6.67. The van der Waals surface area contributed by atoms with Gasteiger partial charge in [-0.25, -0.2) is 0 Å². The smallest absolute Gasteiger partial charge is 0.0694 e. The SMILES string of the molecule is CC(C)Cc1ccc(C(C)CC(O)C(C)N)s1. The van der Waals surface area contributed by atoms with Gasteiger partial charge in [-0.15, -0.1) is 11.3 Å². The first-order chi connectivity index (χ1) is 7.90. The maximum Gasteiger partial charge on any atom is 0.0694 e. The Morgan fingerprint density at radius 2 is 1.88 bits per heavy atom. The Kier molecular flexibility index (Phi) is 5.63. The summed E-state index contributed by atoms with van der Waals surface area (Å²) in [6.45, 7) is 8.50. The van der Waals surface area contributed by atoms with Gasteiger partial charge in [0.05, 0.1) is 6.10 Å². The van der Waals surface area contributed by atoms with Crippen molar-refractivity contribution in [1.29, 1.82) is 0 Å². The summed E-state index contributed by atoms with van der Waals surface area (Å²) in [6.07, 6.45) is 1.49. The fraction of sp³-hybridized carbons (Fsp3) is 0.714. The number of hydrogen-bond donors (Lipinski definition) is 2. The molecule has 1 aromatic heterocycles. The van der Waals surface area contributed by atoms with E-state index in [1.54, 1.807) is 0 Å². The van der Waals surface area contributed by atoms with Crippen molar-refractivity contribution < 1.29 is 5.11 Å². The first-order valence-corrected chi connectivity index (χ1v) is 7.24. The fourth-order valence-electron chi connectivity index (χ4n) is 1.86. The van der Waals surface area contributed by atoms with Gasteiger partial charge in [-0.05, 0) is 43.7 Å². The molecule has 0 spiro atoms. The van der Waals surface area contributed by atoms with Crippen LogP contribution in [0.3, 0.4) is 0 Å². The molecule has 98 valence electrons. The molecule has 0 aliphatic heterocycles. The molecule has 0 fully saturated rings. The molecule has 1 aromatic rings. The highest BCUT2D eigenvalue weighted by molar-refractivity contribution is 7.12. The van der Waals surface area contributed by atoms with E-state index >= 15 is 0 Å². The molecule has 0 bridgehead atoms. The van der Waals surface area contributed by atoms with Crippen LogP contribution in [0.15, 0.2) is 12.1 Å². The minimum Gasteiger partial charge on any atom is -0.392 e. The van der Waals surface area contributed by atoms with E-state index in [9.17, 15) is 5.11 Å². The molecule has 0 aliphatic rings. The molecule has 17 heavy (non-hydrogen) atoms. The lowest BCUT2D eigenvalue weighted by molar-refractivity contribution is 0.135. The largest absolute Gasteiger partial charge is 0.392 e. The number of hydrogen-bond acceptors (Lipinski definition) is 3. The Morgan fingerprint density at radius 3 is 2.41 bits per heavy atom. The van der Waals surface area contributed by atoms with Crippen LogP contribution in [0.5, 0.6) is 0 Å². The van der Waals surface area contributed by atoms with Crippen LogP contribution in [-0.2, 0) is 6.42 Å². The standard InChI is InChI=1S/C14H25NOS/c1-9(2)7-12-5-6-14(17-12)10(3)8-13(16)11(4)15/h5-6,9-11,13,16H,7-8,15H2,1-4H3. The molecular weight excluding hydrogens is 230 g/mol. The van der Waals surface area contributed by atoms with Crippen LogP contribution in [0.2, 0.25) is 0 Å². The topological polar surface area (TPSA) is 46.2 Å². The average Bonchev–Trinajstić information content (AvgIpc) is 2.64. The number of aliphatic hydroxyl groups is 1. The third-order valence-electron chi connectivity index (χ3n) is 2.98. The van der Waals surface area contributed by atoms with Crippen molar-refractivity contribution in [2.45, 2.75) is 58.6 Å². The molecule has 0 amide bonds. The molecule has 0 aromatic carbocycles. The maximum absolute atomic E-state index is 9.79. The molecule has 3 unspecified atom stereocenters. The molecule has 1 heterocycles. The third-order valence-corrected chi connectivity index (χ3v) is 4.32. The molecule has 0 aliphatic carbocycles. The van der Waals surface area contributed by atoms with Crippen LogP contribution in [0, 0.1) is 5.92 Å². The van der Waals surface area contributed by atoms with E-state index in [2.05, 4.69) is 32.9 Å². The summed E-state index contributed by atoms with van der Waals surface area (Å²) in [5.41, 5.74) is 5.69. The van der Waals surface area contributed by atoms with E-state index in [0.29, 0.717) is 11.8 Å². The number of aliphatic hydroxyl groups excluding tert-OH is 1. The van der Waals surface area contributed by atoms with Gasteiger partial charge < -0.3 is 10.8 Å². The second-order valence-electron chi connectivity index (χ2n) is 5.47. The zero-order valence-electron chi connectivity index (χ0n) is 11.3. The quantitative estimate of drug-likeness (QED) is 0.820. The third kappa shape index (κ3) is 4.78. The summed E-state index contributed by atoms with van der Waals surface area (Å²) in [5.74, 6) is 1.09. The van der Waals surface area contributed by atoms with Crippen LogP contribution in [0.25, 0.3) is 0 Å². The molecule has 0 saturated carbocycles. The van der Waals surface area contributed by atoms with Crippen molar-refractivity contribution in [2.75, 3.05) is 0 Å². The van der Waals surface area contributed by atoms with Crippen molar-refractivity contribution in [1.82, 2.24) is 0 Å². The summed E-state index contributed by atoms with van der Waals surface area (Å²) in [7, 11) is 0. The van der Waals surface area contributed by atoms with Gasteiger partial charge in [-0.2, -0.15) is 0 Å². The zero-order chi connectivity index (χ0) is 13.0. The first-order valence-electron chi connectivity index (χ1n) is 6.42. The molecule has 3 N–H and O–H groups in total. The highest BCUT2D eigenvalue weighted by atomic mass is 32.1. The number of rotatable bonds is 6. The average molecular weight is 255 g/mol. The Balaban J connectivity index is 2.57. The van der Waals surface area contributed by atoms with Crippen molar-refractivity contribution in [3.8, 4) is 0 Å². The summed E-state index contributed by atoms with van der Waals surface area (Å²) >= 11 is 1.87. The Hall–Kier alpha value is -0.380. The predicted molar refractivity (Wildman–Crippen MR) is 75.5 cm³/mol. The van der Waals surface area contributed by atoms with Crippen LogP contribution in [0.1, 0.15) is 49.8 Å². The van der Waals surface area contributed by atoms with Gasteiger partial charge in [0.2, 0.25) is 0 Å². The van der Waals surface area contributed by atoms with Gasteiger partial charge >= 0.3 is 0 Å². The molecule has 3 heteroatoms. The van der Waals surface area contributed by atoms with Gasteiger partial charge in [-0.1, -0.05) is 20.8 Å². The van der Waals surface area contributed by atoms with E-state index in [-0.39, 0.29) is 6.04 Å². The summed E-state index contributed by atoms with van der Waals surface area (Å²) in [6, 6.07) is 4.27. The van der Waals surface area contributed by atoms with Gasteiger partial charge in [0, 0.05) is 15.8 Å². The second kappa shape index (κ2) is 6.53. The normalized spacial score (nSPS) is 17.1. The highest BCUT2D eigenvalue weighted by Crippen LogP contribution is 2.29.